The van der Waals surface area contributed by atoms with Crippen molar-refractivity contribution in [3.63, 3.8) is 0 Å². The number of aromatic nitrogens is 1. The van der Waals surface area contributed by atoms with Crippen LogP contribution in [-0.2, 0) is 0 Å². The summed E-state index contributed by atoms with van der Waals surface area (Å²) < 4.78 is 0.847. The first-order valence-electron chi connectivity index (χ1n) is 5.21. The molecule has 4 heteroatoms. The lowest BCUT2D eigenvalue weighted by atomic mass is 10.0. The van der Waals surface area contributed by atoms with Crippen LogP contribution in [-0.4, -0.2) is 23.2 Å². The van der Waals surface area contributed by atoms with Crippen molar-refractivity contribution >= 4 is 21.7 Å². The second-order valence-electron chi connectivity index (χ2n) is 4.17. The van der Waals surface area contributed by atoms with Gasteiger partial charge in [-0.05, 0) is 52.7 Å². The van der Waals surface area contributed by atoms with E-state index in [2.05, 4.69) is 26.2 Å². The first kappa shape index (κ1) is 10.9. The number of hydrogen-bond donors (Lipinski definition) is 2. The molecule has 0 amide bonds. The van der Waals surface area contributed by atoms with Gasteiger partial charge in [-0.25, -0.2) is 4.98 Å². The van der Waals surface area contributed by atoms with Gasteiger partial charge in [-0.15, -0.1) is 0 Å². The Hall–Kier alpha value is -0.610. The molecule has 1 heterocycles. The van der Waals surface area contributed by atoms with Crippen LogP contribution in [0.5, 0.6) is 0 Å². The minimum atomic E-state index is 0.285. The van der Waals surface area contributed by atoms with Gasteiger partial charge < -0.3 is 10.4 Å². The lowest BCUT2D eigenvalue weighted by Gasteiger charge is -2.14. The molecule has 1 aromatic heterocycles. The molecule has 0 aliphatic heterocycles. The van der Waals surface area contributed by atoms with Gasteiger partial charge in [0.1, 0.15) is 10.4 Å². The monoisotopic (exact) mass is 270 g/mol. The Morgan fingerprint density at radius 3 is 2.87 bits per heavy atom. The van der Waals surface area contributed by atoms with Gasteiger partial charge in [-0.3, -0.25) is 0 Å². The maximum Gasteiger partial charge on any atom is 0.127 e. The van der Waals surface area contributed by atoms with Gasteiger partial charge in [-0.1, -0.05) is 6.07 Å². The summed E-state index contributed by atoms with van der Waals surface area (Å²) in [4.78, 5) is 4.31. The summed E-state index contributed by atoms with van der Waals surface area (Å²) in [5, 5.41) is 12.3. The lowest BCUT2D eigenvalue weighted by molar-refractivity contribution is 0.253. The zero-order valence-corrected chi connectivity index (χ0v) is 10.1. The van der Waals surface area contributed by atoms with Crippen molar-refractivity contribution in [3.8, 4) is 0 Å². The summed E-state index contributed by atoms with van der Waals surface area (Å²) in [6, 6.07) is 5.83. The molecule has 2 N–H and O–H groups in total. The Morgan fingerprint density at radius 2 is 2.27 bits per heavy atom. The third kappa shape index (κ3) is 2.92. The van der Waals surface area contributed by atoms with Crippen LogP contribution in [0.15, 0.2) is 22.8 Å². The highest BCUT2D eigenvalue weighted by Crippen LogP contribution is 2.48. The zero-order chi connectivity index (χ0) is 10.7. The largest absolute Gasteiger partial charge is 0.396 e. The summed E-state index contributed by atoms with van der Waals surface area (Å²) in [6.45, 7) is 1.20. The Kier molecular flexibility index (Phi) is 3.26. The predicted octanol–water partition coefficient (Wildman–Crippen LogP) is 2.42. The van der Waals surface area contributed by atoms with E-state index in [9.17, 15) is 0 Å². The predicted molar refractivity (Wildman–Crippen MR) is 63.8 cm³/mol. The van der Waals surface area contributed by atoms with Crippen molar-refractivity contribution in [2.24, 2.45) is 5.41 Å². The Labute approximate surface area is 98.0 Å². The van der Waals surface area contributed by atoms with Crippen LogP contribution in [0.1, 0.15) is 19.3 Å². The maximum atomic E-state index is 8.93. The van der Waals surface area contributed by atoms with Gasteiger partial charge in [0.2, 0.25) is 0 Å². The number of nitrogens with zero attached hydrogens (tertiary/aromatic N) is 1. The van der Waals surface area contributed by atoms with Gasteiger partial charge in [0.25, 0.3) is 0 Å². The second-order valence-corrected chi connectivity index (χ2v) is 4.99. The van der Waals surface area contributed by atoms with Gasteiger partial charge in [-0.2, -0.15) is 0 Å². The summed E-state index contributed by atoms with van der Waals surface area (Å²) >= 11 is 3.34. The molecule has 1 aliphatic carbocycles. The fraction of sp³-hybridized carbons (Fsp3) is 0.545. The molecular formula is C11H15BrN2O. The minimum absolute atomic E-state index is 0.285. The van der Waals surface area contributed by atoms with Crippen LogP contribution in [0.2, 0.25) is 0 Å². The molecule has 0 atom stereocenters. The number of aliphatic hydroxyl groups is 1. The third-order valence-electron chi connectivity index (χ3n) is 2.96. The number of anilines is 1. The number of pyridine rings is 1. The first-order valence-corrected chi connectivity index (χ1v) is 6.01. The average Bonchev–Trinajstić information content (AvgIpc) is 2.97. The first-order chi connectivity index (χ1) is 7.24. The van der Waals surface area contributed by atoms with Crippen molar-refractivity contribution in [1.29, 1.82) is 0 Å². The van der Waals surface area contributed by atoms with E-state index < -0.39 is 0 Å². The molecule has 0 spiro atoms. The van der Waals surface area contributed by atoms with Crippen molar-refractivity contribution in [2.45, 2.75) is 19.3 Å². The van der Waals surface area contributed by atoms with Crippen LogP contribution in [0, 0.1) is 5.41 Å². The van der Waals surface area contributed by atoms with Crippen LogP contribution in [0.25, 0.3) is 0 Å². The highest BCUT2D eigenvalue weighted by atomic mass is 79.9. The number of nitrogens with one attached hydrogen (secondary N) is 1. The Bertz CT molecular complexity index is 339. The minimum Gasteiger partial charge on any atom is -0.396 e. The lowest BCUT2D eigenvalue weighted by Crippen LogP contribution is -2.17. The standard InChI is InChI=1S/C11H15BrN2O/c12-9-2-1-3-10(14-9)13-8-11(4-5-11)6-7-15/h1-3,15H,4-8H2,(H,13,14). The van der Waals surface area contributed by atoms with E-state index in [0.29, 0.717) is 5.41 Å². The Morgan fingerprint density at radius 1 is 1.47 bits per heavy atom. The highest BCUT2D eigenvalue weighted by molar-refractivity contribution is 9.10. The highest BCUT2D eigenvalue weighted by Gasteiger charge is 2.41. The van der Waals surface area contributed by atoms with Gasteiger partial charge in [0.15, 0.2) is 0 Å². The van der Waals surface area contributed by atoms with E-state index in [1.165, 1.54) is 12.8 Å². The molecule has 0 saturated heterocycles. The summed E-state index contributed by atoms with van der Waals surface area (Å²) in [5.74, 6) is 0.897. The molecule has 0 aromatic carbocycles. The van der Waals surface area contributed by atoms with Crippen molar-refractivity contribution < 1.29 is 5.11 Å². The Balaban J connectivity index is 1.88. The molecule has 0 radical (unpaired) electrons. The second kappa shape index (κ2) is 4.49. The molecular weight excluding hydrogens is 256 g/mol. The average molecular weight is 271 g/mol. The normalized spacial score (nSPS) is 17.5. The molecule has 3 nitrogen and oxygen atoms in total. The summed E-state index contributed by atoms with van der Waals surface area (Å²) in [6.07, 6.45) is 3.33. The molecule has 0 unspecified atom stereocenters. The molecule has 2 rings (SSSR count). The summed E-state index contributed by atoms with van der Waals surface area (Å²) in [5.41, 5.74) is 0.332. The van der Waals surface area contributed by atoms with Crippen LogP contribution < -0.4 is 5.32 Å². The maximum absolute atomic E-state index is 8.93. The third-order valence-corrected chi connectivity index (χ3v) is 3.40. The molecule has 1 aliphatic rings. The van der Waals surface area contributed by atoms with Crippen LogP contribution in [0.3, 0.4) is 0 Å². The molecule has 1 saturated carbocycles. The summed E-state index contributed by atoms with van der Waals surface area (Å²) in [7, 11) is 0. The number of halogens is 1. The van der Waals surface area contributed by atoms with Crippen LogP contribution >= 0.6 is 15.9 Å². The van der Waals surface area contributed by atoms with E-state index in [-0.39, 0.29) is 6.61 Å². The van der Waals surface area contributed by atoms with Crippen LogP contribution in [0.4, 0.5) is 5.82 Å². The zero-order valence-electron chi connectivity index (χ0n) is 8.54. The van der Waals surface area contributed by atoms with Gasteiger partial charge >= 0.3 is 0 Å². The topological polar surface area (TPSA) is 45.1 Å². The number of rotatable bonds is 5. The molecule has 1 aromatic rings. The van der Waals surface area contributed by atoms with E-state index >= 15 is 0 Å². The fourth-order valence-corrected chi connectivity index (χ4v) is 2.06. The quantitative estimate of drug-likeness (QED) is 0.808. The van der Waals surface area contributed by atoms with Gasteiger partial charge in [0, 0.05) is 13.2 Å². The van der Waals surface area contributed by atoms with E-state index in [1.54, 1.807) is 0 Å². The number of hydrogen-bond acceptors (Lipinski definition) is 3. The number of aliphatic hydroxyl groups excluding tert-OH is 1. The SMILES string of the molecule is OCCC1(CNc2cccc(Br)n2)CC1. The fourth-order valence-electron chi connectivity index (χ4n) is 1.71. The van der Waals surface area contributed by atoms with Gasteiger partial charge in [0.05, 0.1) is 0 Å². The van der Waals surface area contributed by atoms with Crippen molar-refractivity contribution in [3.05, 3.63) is 22.8 Å². The van der Waals surface area contributed by atoms with Crippen molar-refractivity contribution in [1.82, 2.24) is 4.98 Å². The van der Waals surface area contributed by atoms with E-state index in [4.69, 9.17) is 5.11 Å². The molecule has 82 valence electrons. The molecule has 1 fully saturated rings. The van der Waals surface area contributed by atoms with E-state index in [1.807, 2.05) is 18.2 Å². The van der Waals surface area contributed by atoms with Crippen molar-refractivity contribution in [2.75, 3.05) is 18.5 Å². The molecule has 15 heavy (non-hydrogen) atoms. The smallest absolute Gasteiger partial charge is 0.127 e. The molecule has 0 bridgehead atoms. The van der Waals surface area contributed by atoms with E-state index in [0.717, 1.165) is 23.4 Å².